The van der Waals surface area contributed by atoms with Gasteiger partial charge in [0.05, 0.1) is 6.61 Å². The molecule has 0 aromatic heterocycles. The highest BCUT2D eigenvalue weighted by Gasteiger charge is 1.98. The van der Waals surface area contributed by atoms with Gasteiger partial charge in [-0.15, -0.1) is 0 Å². The molecule has 0 amide bonds. The second-order valence-electron chi connectivity index (χ2n) is 4.91. The molecule has 1 aromatic rings. The molecule has 0 atom stereocenters. The van der Waals surface area contributed by atoms with Crippen LogP contribution >= 0.6 is 0 Å². The Hall–Kier alpha value is -1.77. The van der Waals surface area contributed by atoms with Crippen molar-refractivity contribution in [3.63, 3.8) is 0 Å². The Morgan fingerprint density at radius 1 is 1.10 bits per heavy atom. The topological polar surface area (TPSA) is 46.5 Å². The van der Waals surface area contributed by atoms with Crippen LogP contribution in [-0.4, -0.2) is 17.7 Å². The third-order valence-corrected chi connectivity index (χ3v) is 3.15. The molecule has 0 saturated carbocycles. The number of aliphatic carboxylic acids is 1. The van der Waals surface area contributed by atoms with Crippen molar-refractivity contribution in [1.82, 2.24) is 0 Å². The zero-order valence-electron chi connectivity index (χ0n) is 12.2. The van der Waals surface area contributed by atoms with Gasteiger partial charge in [0.25, 0.3) is 0 Å². The molecular formula is C17H24O3. The minimum absolute atomic E-state index is 0.446. The van der Waals surface area contributed by atoms with E-state index in [1.54, 1.807) is 13.0 Å². The van der Waals surface area contributed by atoms with Crippen LogP contribution < -0.4 is 4.74 Å². The van der Waals surface area contributed by atoms with Crippen LogP contribution in [0.5, 0.6) is 5.75 Å². The van der Waals surface area contributed by atoms with Crippen LogP contribution in [0.1, 0.15) is 45.4 Å². The third kappa shape index (κ3) is 7.62. The lowest BCUT2D eigenvalue weighted by atomic mass is 10.1. The van der Waals surface area contributed by atoms with E-state index in [-0.39, 0.29) is 0 Å². The van der Waals surface area contributed by atoms with E-state index >= 15 is 0 Å². The van der Waals surface area contributed by atoms with Crippen molar-refractivity contribution >= 4 is 5.97 Å². The lowest BCUT2D eigenvalue weighted by molar-refractivity contribution is -0.132. The SMILES string of the molecule is C/C(=C\CCCCCCCOc1ccccc1)C(=O)O. The van der Waals surface area contributed by atoms with Gasteiger partial charge in [0.15, 0.2) is 0 Å². The van der Waals surface area contributed by atoms with Crippen molar-refractivity contribution in [3.8, 4) is 5.75 Å². The zero-order chi connectivity index (χ0) is 14.6. The minimum Gasteiger partial charge on any atom is -0.494 e. The molecule has 0 radical (unpaired) electrons. The monoisotopic (exact) mass is 276 g/mol. The molecule has 3 heteroatoms. The largest absolute Gasteiger partial charge is 0.494 e. The fraction of sp³-hybridized carbons (Fsp3) is 0.471. The van der Waals surface area contributed by atoms with E-state index in [1.807, 2.05) is 30.3 Å². The molecule has 1 rings (SSSR count). The summed E-state index contributed by atoms with van der Waals surface area (Å²) in [7, 11) is 0. The van der Waals surface area contributed by atoms with Gasteiger partial charge in [-0.2, -0.15) is 0 Å². The second-order valence-corrected chi connectivity index (χ2v) is 4.91. The lowest BCUT2D eigenvalue weighted by Crippen LogP contribution is -1.97. The van der Waals surface area contributed by atoms with E-state index in [2.05, 4.69) is 0 Å². The number of para-hydroxylation sites is 1. The molecule has 0 spiro atoms. The maximum Gasteiger partial charge on any atom is 0.330 e. The number of hydrogen-bond donors (Lipinski definition) is 1. The van der Waals surface area contributed by atoms with Gasteiger partial charge in [0, 0.05) is 5.57 Å². The van der Waals surface area contributed by atoms with E-state index in [0.717, 1.165) is 44.5 Å². The van der Waals surface area contributed by atoms with E-state index < -0.39 is 5.97 Å². The van der Waals surface area contributed by atoms with Crippen molar-refractivity contribution in [1.29, 1.82) is 0 Å². The van der Waals surface area contributed by atoms with E-state index in [9.17, 15) is 4.79 Å². The molecule has 0 aliphatic rings. The number of benzene rings is 1. The van der Waals surface area contributed by atoms with Crippen LogP contribution in [0.4, 0.5) is 0 Å². The summed E-state index contributed by atoms with van der Waals surface area (Å²) in [5.74, 6) is 0.116. The summed E-state index contributed by atoms with van der Waals surface area (Å²) < 4.78 is 5.62. The third-order valence-electron chi connectivity index (χ3n) is 3.15. The Bertz CT molecular complexity index is 410. The van der Waals surface area contributed by atoms with Gasteiger partial charge in [-0.1, -0.05) is 43.5 Å². The molecule has 20 heavy (non-hydrogen) atoms. The maximum atomic E-state index is 10.6. The fourth-order valence-electron chi connectivity index (χ4n) is 1.89. The van der Waals surface area contributed by atoms with Gasteiger partial charge >= 0.3 is 5.97 Å². The van der Waals surface area contributed by atoms with E-state index in [1.165, 1.54) is 6.42 Å². The standard InChI is InChI=1S/C17H24O3/c1-15(17(18)19)11-7-4-2-3-5-10-14-20-16-12-8-6-9-13-16/h6,8-9,11-13H,2-5,7,10,14H2,1H3,(H,18,19)/b15-11+. The van der Waals surface area contributed by atoms with Gasteiger partial charge in [0.2, 0.25) is 0 Å². The van der Waals surface area contributed by atoms with Crippen LogP contribution in [-0.2, 0) is 4.79 Å². The molecule has 1 aromatic carbocycles. The predicted octanol–water partition coefficient (Wildman–Crippen LogP) is 4.44. The molecule has 0 aliphatic carbocycles. The van der Waals surface area contributed by atoms with Gasteiger partial charge in [0.1, 0.15) is 5.75 Å². The quantitative estimate of drug-likeness (QED) is 0.507. The average Bonchev–Trinajstić information content (AvgIpc) is 2.46. The number of carboxylic acid groups (broad SMARTS) is 1. The molecule has 0 bridgehead atoms. The van der Waals surface area contributed by atoms with Crippen molar-refractivity contribution < 1.29 is 14.6 Å². The Morgan fingerprint density at radius 3 is 2.45 bits per heavy atom. The number of hydrogen-bond acceptors (Lipinski definition) is 2. The number of carbonyl (C=O) groups is 1. The van der Waals surface area contributed by atoms with Crippen molar-refractivity contribution in [3.05, 3.63) is 42.0 Å². The number of ether oxygens (including phenoxy) is 1. The summed E-state index contributed by atoms with van der Waals surface area (Å²) in [4.78, 5) is 10.6. The first-order valence-corrected chi connectivity index (χ1v) is 7.28. The van der Waals surface area contributed by atoms with Gasteiger partial charge in [-0.25, -0.2) is 4.79 Å². The van der Waals surface area contributed by atoms with Crippen molar-refractivity contribution in [2.45, 2.75) is 45.4 Å². The average molecular weight is 276 g/mol. The molecule has 0 unspecified atom stereocenters. The highest BCUT2D eigenvalue weighted by Crippen LogP contribution is 2.11. The summed E-state index contributed by atoms with van der Waals surface area (Å²) >= 11 is 0. The first-order valence-electron chi connectivity index (χ1n) is 7.28. The first-order chi connectivity index (χ1) is 9.70. The molecule has 0 heterocycles. The Balaban J connectivity index is 1.93. The maximum absolute atomic E-state index is 10.6. The van der Waals surface area contributed by atoms with E-state index in [4.69, 9.17) is 9.84 Å². The van der Waals surface area contributed by atoms with Crippen molar-refractivity contribution in [2.75, 3.05) is 6.61 Å². The number of allylic oxidation sites excluding steroid dienone is 1. The summed E-state index contributed by atoms with van der Waals surface area (Å²) in [5.41, 5.74) is 0.446. The lowest BCUT2D eigenvalue weighted by Gasteiger charge is -2.05. The predicted molar refractivity (Wildman–Crippen MR) is 81.0 cm³/mol. The molecule has 0 aliphatic heterocycles. The van der Waals surface area contributed by atoms with Crippen LogP contribution in [0.15, 0.2) is 42.0 Å². The highest BCUT2D eigenvalue weighted by atomic mass is 16.5. The van der Waals surface area contributed by atoms with Gasteiger partial charge < -0.3 is 9.84 Å². The first kappa shape index (κ1) is 16.3. The Labute approximate surface area is 121 Å². The summed E-state index contributed by atoms with van der Waals surface area (Å²) in [5, 5.41) is 8.69. The van der Waals surface area contributed by atoms with Crippen LogP contribution in [0, 0.1) is 0 Å². The molecule has 3 nitrogen and oxygen atoms in total. The molecule has 0 fully saturated rings. The van der Waals surface area contributed by atoms with Crippen molar-refractivity contribution in [2.24, 2.45) is 0 Å². The van der Waals surface area contributed by atoms with Crippen LogP contribution in [0.3, 0.4) is 0 Å². The van der Waals surface area contributed by atoms with E-state index in [0.29, 0.717) is 5.57 Å². The van der Waals surface area contributed by atoms with Crippen LogP contribution in [0.25, 0.3) is 0 Å². The number of rotatable bonds is 10. The summed E-state index contributed by atoms with van der Waals surface area (Å²) in [6.45, 7) is 2.41. The molecule has 110 valence electrons. The van der Waals surface area contributed by atoms with Gasteiger partial charge in [-0.3, -0.25) is 0 Å². The van der Waals surface area contributed by atoms with Crippen LogP contribution in [0.2, 0.25) is 0 Å². The number of carboxylic acids is 1. The van der Waals surface area contributed by atoms with Gasteiger partial charge in [-0.05, 0) is 38.3 Å². The minimum atomic E-state index is -0.817. The molecular weight excluding hydrogens is 252 g/mol. The Kier molecular flexibility index (Phi) is 8.20. The second kappa shape index (κ2) is 10.1. The molecule has 0 saturated heterocycles. The summed E-state index contributed by atoms with van der Waals surface area (Å²) in [6, 6.07) is 9.87. The zero-order valence-corrected chi connectivity index (χ0v) is 12.2. The Morgan fingerprint density at radius 2 is 1.75 bits per heavy atom. The smallest absolute Gasteiger partial charge is 0.330 e. The normalized spacial score (nSPS) is 11.3. The summed E-state index contributed by atoms with van der Waals surface area (Å²) in [6.07, 6.45) is 8.28. The molecule has 1 N–H and O–H groups in total. The highest BCUT2D eigenvalue weighted by molar-refractivity contribution is 5.85. The number of unbranched alkanes of at least 4 members (excludes halogenated alkanes) is 5. The fourth-order valence-corrected chi connectivity index (χ4v) is 1.89.